The minimum absolute atomic E-state index is 0.00504. The Bertz CT molecular complexity index is 1420. The van der Waals surface area contributed by atoms with E-state index in [9.17, 15) is 18.0 Å². The minimum atomic E-state index is -4.87. The number of carbonyl (C=O) groups excluding carboxylic acids is 1. The summed E-state index contributed by atoms with van der Waals surface area (Å²) in [6.45, 7) is 5.28. The number of halogens is 5. The van der Waals surface area contributed by atoms with Crippen LogP contribution in [0, 0.1) is 5.82 Å². The fourth-order valence-corrected chi connectivity index (χ4v) is 4.94. The highest BCUT2D eigenvalue weighted by atomic mass is 19.4. The van der Waals surface area contributed by atoms with E-state index in [2.05, 4.69) is 21.5 Å². The number of carbonyl (C=O) groups is 1. The van der Waals surface area contributed by atoms with Crippen LogP contribution in [-0.4, -0.2) is 54.8 Å². The zero-order valence-corrected chi connectivity index (χ0v) is 21.7. The molecule has 0 saturated carbocycles. The molecule has 1 saturated heterocycles. The molecule has 3 aromatic rings. The summed E-state index contributed by atoms with van der Waals surface area (Å²) in [5.41, 5.74) is 3.97. The lowest BCUT2D eigenvalue weighted by Gasteiger charge is -2.28. The second-order valence-electron chi connectivity index (χ2n) is 9.72. The van der Waals surface area contributed by atoms with Gasteiger partial charge >= 0.3 is 12.4 Å². The largest absolute Gasteiger partial charge is 0.573 e. The van der Waals surface area contributed by atoms with Crippen LogP contribution >= 0.6 is 0 Å². The van der Waals surface area contributed by atoms with Crippen molar-refractivity contribution in [2.75, 3.05) is 36.1 Å². The molecule has 1 amide bonds. The van der Waals surface area contributed by atoms with Crippen molar-refractivity contribution in [3.8, 4) is 17.2 Å². The molecule has 5 rings (SSSR count). The van der Waals surface area contributed by atoms with Gasteiger partial charge in [0.2, 0.25) is 5.91 Å². The van der Waals surface area contributed by atoms with Gasteiger partial charge in [-0.3, -0.25) is 4.79 Å². The molecule has 2 aliphatic heterocycles. The molecule has 0 spiro atoms. The average Bonchev–Trinajstić information content (AvgIpc) is 3.40. The van der Waals surface area contributed by atoms with Gasteiger partial charge in [-0.05, 0) is 29.8 Å². The first-order valence-electron chi connectivity index (χ1n) is 12.7. The smallest absolute Gasteiger partial charge is 0.406 e. The Kier molecular flexibility index (Phi) is 7.70. The van der Waals surface area contributed by atoms with Gasteiger partial charge in [-0.1, -0.05) is 23.3 Å². The molecule has 2 atom stereocenters. The number of nitrogens with two attached hydrogens (primary N) is 1. The van der Waals surface area contributed by atoms with Crippen LogP contribution in [0.5, 0.6) is 5.75 Å². The van der Waals surface area contributed by atoms with Crippen molar-refractivity contribution < 1.29 is 40.6 Å². The molecule has 1 fully saturated rings. The Morgan fingerprint density at radius 3 is 2.54 bits per heavy atom. The highest BCUT2D eigenvalue weighted by Gasteiger charge is 2.44. The third-order valence-corrected chi connectivity index (χ3v) is 6.88. The Hall–Kier alpha value is -4.04. The van der Waals surface area contributed by atoms with Crippen LogP contribution in [0.4, 0.5) is 33.7 Å². The van der Waals surface area contributed by atoms with Crippen LogP contribution in [0.25, 0.3) is 11.5 Å². The first kappa shape index (κ1) is 28.5. The molecule has 14 heteroatoms. The summed E-state index contributed by atoms with van der Waals surface area (Å²) in [6.07, 6.45) is -4.26. The number of allylic oxidation sites excluding steroid dienone is 1. The van der Waals surface area contributed by atoms with E-state index in [0.717, 1.165) is 18.2 Å². The Balaban J connectivity index is 1.56. The van der Waals surface area contributed by atoms with Crippen LogP contribution in [-0.2, 0) is 21.7 Å². The number of anilines is 2. The predicted molar refractivity (Wildman–Crippen MR) is 137 cm³/mol. The van der Waals surface area contributed by atoms with Crippen LogP contribution in [0.2, 0.25) is 0 Å². The molecule has 0 bridgehead atoms. The summed E-state index contributed by atoms with van der Waals surface area (Å²) < 4.78 is 84.7. The quantitative estimate of drug-likeness (QED) is 0.320. The maximum Gasteiger partial charge on any atom is 0.573 e. The van der Waals surface area contributed by atoms with Gasteiger partial charge in [-0.25, -0.2) is 8.78 Å². The van der Waals surface area contributed by atoms with Gasteiger partial charge in [0.1, 0.15) is 17.2 Å². The van der Waals surface area contributed by atoms with Crippen LogP contribution in [0.15, 0.2) is 53.5 Å². The molecule has 1 unspecified atom stereocenters. The maximum absolute atomic E-state index is 16.4. The van der Waals surface area contributed by atoms with E-state index < -0.39 is 42.0 Å². The average molecular weight is 580 g/mol. The molecule has 3 heterocycles. The first-order chi connectivity index (χ1) is 19.5. The number of hydrogen-bond donors (Lipinski definition) is 1. The second kappa shape index (κ2) is 11.1. The molecular formula is C27H26F5N5O4. The molecule has 0 radical (unpaired) electrons. The normalized spacial score (nSPS) is 21.4. The maximum atomic E-state index is 16.4. The summed E-state index contributed by atoms with van der Waals surface area (Å²) in [4.78, 5) is 16.4. The van der Waals surface area contributed by atoms with Gasteiger partial charge < -0.3 is 29.4 Å². The zero-order valence-electron chi connectivity index (χ0n) is 21.7. The number of hydrogen-bond acceptors (Lipinski definition) is 8. The summed E-state index contributed by atoms with van der Waals surface area (Å²) >= 11 is 0. The number of nitrogens with zero attached hydrogens (tertiary/aromatic N) is 4. The number of amides is 1. The molecule has 218 valence electrons. The molecule has 2 N–H and O–H groups in total. The number of alkyl halides is 4. The van der Waals surface area contributed by atoms with Crippen molar-refractivity contribution in [2.45, 2.75) is 37.5 Å². The van der Waals surface area contributed by atoms with E-state index in [1.807, 2.05) is 0 Å². The van der Waals surface area contributed by atoms with Gasteiger partial charge in [0.25, 0.3) is 5.89 Å². The lowest BCUT2D eigenvalue weighted by atomic mass is 9.85. The van der Waals surface area contributed by atoms with Gasteiger partial charge in [-0.2, -0.15) is 0 Å². The fraction of sp³-hybridized carbons (Fsp3) is 0.370. The number of fused-ring (bicyclic) bond motifs is 1. The monoisotopic (exact) mass is 579 g/mol. The number of rotatable bonds is 7. The van der Waals surface area contributed by atoms with E-state index in [-0.39, 0.29) is 41.7 Å². The van der Waals surface area contributed by atoms with Gasteiger partial charge in [0.05, 0.1) is 37.1 Å². The number of aromatic nitrogens is 2. The van der Waals surface area contributed by atoms with Crippen molar-refractivity contribution in [1.29, 1.82) is 0 Å². The predicted octanol–water partition coefficient (Wildman–Crippen LogP) is 4.62. The first-order valence-corrected chi connectivity index (χ1v) is 12.7. The topological polar surface area (TPSA) is 107 Å². The minimum Gasteiger partial charge on any atom is -0.406 e. The summed E-state index contributed by atoms with van der Waals surface area (Å²) in [5, 5.41) is 7.97. The van der Waals surface area contributed by atoms with Gasteiger partial charge in [0, 0.05) is 31.5 Å². The van der Waals surface area contributed by atoms with E-state index in [0.29, 0.717) is 31.9 Å². The van der Waals surface area contributed by atoms with E-state index in [1.54, 1.807) is 4.90 Å². The highest BCUT2D eigenvalue weighted by Crippen LogP contribution is 2.46. The molecule has 1 aromatic heterocycles. The van der Waals surface area contributed by atoms with E-state index in [4.69, 9.17) is 14.9 Å². The van der Waals surface area contributed by atoms with E-state index >= 15 is 8.78 Å². The van der Waals surface area contributed by atoms with Gasteiger partial charge in [0.15, 0.2) is 0 Å². The Morgan fingerprint density at radius 1 is 1.17 bits per heavy atom. The SMILES string of the molecule is C=CCC1(F)C[C@H](N)C(=O)N(Cc2ccc(OC(F)(F)F)cc2)c2cc(-c3nnc(N4CCOCC4)o3)c(F)cc21. The number of ether oxygens (including phenoxy) is 2. The third kappa shape index (κ3) is 6.03. The van der Waals surface area contributed by atoms with Crippen molar-refractivity contribution in [3.63, 3.8) is 0 Å². The number of morpholine rings is 1. The molecule has 9 nitrogen and oxygen atoms in total. The molecule has 2 aliphatic rings. The molecule has 41 heavy (non-hydrogen) atoms. The lowest BCUT2D eigenvalue weighted by Crippen LogP contribution is -2.43. The fourth-order valence-electron chi connectivity index (χ4n) is 4.94. The standard InChI is InChI=1S/C27H26F5N5O4/c1-2-7-26(29)14-21(33)24(38)37(15-16-3-5-17(6-4-16)41-27(30,31)32)22-12-18(20(28)13-19(22)26)23-34-35-25(40-23)36-8-10-39-11-9-36/h2-6,12-13,21H,1,7-11,14-15,33H2/t21-,26?/m0/s1. The van der Waals surface area contributed by atoms with Crippen LogP contribution < -0.4 is 20.3 Å². The van der Waals surface area contributed by atoms with Crippen LogP contribution in [0.1, 0.15) is 24.0 Å². The molecule has 0 aliphatic carbocycles. The highest BCUT2D eigenvalue weighted by molar-refractivity contribution is 5.99. The van der Waals surface area contributed by atoms with Crippen molar-refractivity contribution in [3.05, 3.63) is 66.0 Å². The van der Waals surface area contributed by atoms with Crippen LogP contribution in [0.3, 0.4) is 0 Å². The third-order valence-electron chi connectivity index (χ3n) is 6.88. The Morgan fingerprint density at radius 2 is 1.88 bits per heavy atom. The van der Waals surface area contributed by atoms with Gasteiger partial charge in [-0.15, -0.1) is 24.8 Å². The molecule has 2 aromatic carbocycles. The zero-order chi connectivity index (χ0) is 29.4. The van der Waals surface area contributed by atoms with Crippen molar-refractivity contribution in [2.24, 2.45) is 5.73 Å². The summed E-state index contributed by atoms with van der Waals surface area (Å²) in [5.74, 6) is -2.16. The molecular weight excluding hydrogens is 553 g/mol. The van der Waals surface area contributed by atoms with Crippen molar-refractivity contribution >= 4 is 17.6 Å². The lowest BCUT2D eigenvalue weighted by molar-refractivity contribution is -0.274. The number of benzene rings is 2. The van der Waals surface area contributed by atoms with Crippen molar-refractivity contribution in [1.82, 2.24) is 10.2 Å². The summed E-state index contributed by atoms with van der Waals surface area (Å²) in [6, 6.07) is 5.90. The van der Waals surface area contributed by atoms with E-state index in [1.165, 1.54) is 29.2 Å². The summed E-state index contributed by atoms with van der Waals surface area (Å²) in [7, 11) is 0. The second-order valence-corrected chi connectivity index (χ2v) is 9.72. The Labute approximate surface area is 231 Å².